The van der Waals surface area contributed by atoms with Gasteiger partial charge in [-0.05, 0) is 12.1 Å². The Bertz CT molecular complexity index is 835. The molecule has 10 heteroatoms. The number of rotatable bonds is 3. The molecule has 0 radical (unpaired) electrons. The van der Waals surface area contributed by atoms with E-state index in [0.29, 0.717) is 13.0 Å². The van der Waals surface area contributed by atoms with E-state index < -0.39 is 23.6 Å². The Labute approximate surface area is 153 Å². The van der Waals surface area contributed by atoms with Gasteiger partial charge in [-0.3, -0.25) is 4.79 Å². The smallest absolute Gasteiger partial charge is 0.323 e. The van der Waals surface area contributed by atoms with E-state index in [2.05, 4.69) is 10.4 Å². The number of carbonyl (C=O) groups excluding carboxylic acids is 2. The van der Waals surface area contributed by atoms with Gasteiger partial charge in [0.1, 0.15) is 0 Å². The summed E-state index contributed by atoms with van der Waals surface area (Å²) >= 11 is 0. The average molecular weight is 381 g/mol. The summed E-state index contributed by atoms with van der Waals surface area (Å²) in [5.74, 6) is -0.113. The Hall–Kier alpha value is -3.04. The summed E-state index contributed by atoms with van der Waals surface area (Å²) in [6, 6.07) is 7.14. The molecular formula is C17H18F3N5O2. The molecular weight excluding hydrogens is 363 g/mol. The van der Waals surface area contributed by atoms with Crippen LogP contribution >= 0.6 is 0 Å². The summed E-state index contributed by atoms with van der Waals surface area (Å²) in [6.45, 7) is 2.37. The quantitative estimate of drug-likeness (QED) is 0.889. The molecule has 1 aromatic carbocycles. The number of anilines is 1. The molecule has 0 atom stereocenters. The number of aromatic nitrogens is 2. The normalized spacial score (nSPS) is 14.5. The van der Waals surface area contributed by atoms with Crippen molar-refractivity contribution < 1.29 is 22.8 Å². The SMILES string of the molecule is CCC(=O)N1CCN(C(=O)Nc2cnn(-c3ccccc3)c2C(F)(F)F)C1. The fourth-order valence-electron chi connectivity index (χ4n) is 2.85. The van der Waals surface area contributed by atoms with E-state index in [1.807, 2.05) is 0 Å². The number of halogens is 3. The van der Waals surface area contributed by atoms with Crippen LogP contribution in [0.5, 0.6) is 0 Å². The summed E-state index contributed by atoms with van der Waals surface area (Å²) in [4.78, 5) is 26.8. The second-order valence-electron chi connectivity index (χ2n) is 6.00. The molecule has 1 fully saturated rings. The molecule has 0 spiro atoms. The maximum absolute atomic E-state index is 13.6. The van der Waals surface area contributed by atoms with Crippen LogP contribution in [0.3, 0.4) is 0 Å². The molecule has 2 heterocycles. The Kier molecular flexibility index (Phi) is 5.06. The van der Waals surface area contributed by atoms with Crippen molar-refractivity contribution in [1.29, 1.82) is 0 Å². The van der Waals surface area contributed by atoms with Crippen LogP contribution in [-0.2, 0) is 11.0 Å². The molecule has 1 aromatic heterocycles. The summed E-state index contributed by atoms with van der Waals surface area (Å²) in [7, 11) is 0. The van der Waals surface area contributed by atoms with Crippen molar-refractivity contribution in [3.05, 3.63) is 42.2 Å². The van der Waals surface area contributed by atoms with Crippen molar-refractivity contribution in [3.8, 4) is 5.69 Å². The average Bonchev–Trinajstić information content (AvgIpc) is 3.28. The molecule has 1 aliphatic heterocycles. The highest BCUT2D eigenvalue weighted by atomic mass is 19.4. The van der Waals surface area contributed by atoms with Gasteiger partial charge in [-0.2, -0.15) is 18.3 Å². The highest BCUT2D eigenvalue weighted by Gasteiger charge is 2.40. The fraction of sp³-hybridized carbons (Fsp3) is 0.353. The molecule has 0 aliphatic carbocycles. The number of para-hydroxylation sites is 1. The first-order chi connectivity index (χ1) is 12.8. The van der Waals surface area contributed by atoms with Crippen LogP contribution in [0.1, 0.15) is 19.0 Å². The van der Waals surface area contributed by atoms with Gasteiger partial charge in [0.2, 0.25) is 5.91 Å². The van der Waals surface area contributed by atoms with Crippen LogP contribution in [0.2, 0.25) is 0 Å². The minimum Gasteiger partial charge on any atom is -0.323 e. The number of alkyl halides is 3. The van der Waals surface area contributed by atoms with Gasteiger partial charge in [-0.25, -0.2) is 9.48 Å². The minimum atomic E-state index is -4.72. The lowest BCUT2D eigenvalue weighted by molar-refractivity contribution is -0.142. The molecule has 3 amide bonds. The largest absolute Gasteiger partial charge is 0.435 e. The zero-order chi connectivity index (χ0) is 19.6. The third-order valence-corrected chi connectivity index (χ3v) is 4.20. The standard InChI is InChI=1S/C17H18F3N5O2/c1-2-14(26)23-8-9-24(11-23)16(27)22-13-10-21-25(15(13)17(18,19)20)12-6-4-3-5-7-12/h3-7,10H,2,8-9,11H2,1H3,(H,22,27). The predicted molar refractivity (Wildman–Crippen MR) is 91.2 cm³/mol. The van der Waals surface area contributed by atoms with Crippen LogP contribution in [-0.4, -0.2) is 51.3 Å². The van der Waals surface area contributed by atoms with Gasteiger partial charge in [0.05, 0.1) is 24.2 Å². The van der Waals surface area contributed by atoms with E-state index in [0.717, 1.165) is 10.9 Å². The predicted octanol–water partition coefficient (Wildman–Crippen LogP) is 2.93. The third-order valence-electron chi connectivity index (χ3n) is 4.20. The second kappa shape index (κ2) is 7.29. The highest BCUT2D eigenvalue weighted by molar-refractivity contribution is 5.90. The molecule has 27 heavy (non-hydrogen) atoms. The molecule has 0 saturated carbocycles. The third kappa shape index (κ3) is 3.88. The molecule has 144 valence electrons. The number of carbonyl (C=O) groups is 2. The Morgan fingerprint density at radius 2 is 1.81 bits per heavy atom. The maximum atomic E-state index is 13.6. The van der Waals surface area contributed by atoms with Crippen LogP contribution in [0.15, 0.2) is 36.5 Å². The van der Waals surface area contributed by atoms with E-state index in [1.54, 1.807) is 25.1 Å². The first-order valence-corrected chi connectivity index (χ1v) is 8.35. The number of benzene rings is 1. The minimum absolute atomic E-state index is 0.0483. The summed E-state index contributed by atoms with van der Waals surface area (Å²) in [6.07, 6.45) is -3.44. The number of hydrogen-bond donors (Lipinski definition) is 1. The van der Waals surface area contributed by atoms with Gasteiger partial charge in [0.25, 0.3) is 0 Å². The lowest BCUT2D eigenvalue weighted by atomic mass is 10.3. The van der Waals surface area contributed by atoms with E-state index in [4.69, 9.17) is 0 Å². The van der Waals surface area contributed by atoms with Gasteiger partial charge >= 0.3 is 12.2 Å². The van der Waals surface area contributed by atoms with Gasteiger partial charge in [0.15, 0.2) is 5.69 Å². The molecule has 0 unspecified atom stereocenters. The summed E-state index contributed by atoms with van der Waals surface area (Å²) in [5.41, 5.74) is -1.27. The Morgan fingerprint density at radius 3 is 2.44 bits per heavy atom. The number of nitrogens with one attached hydrogen (secondary N) is 1. The second-order valence-corrected chi connectivity index (χ2v) is 6.00. The van der Waals surface area contributed by atoms with Gasteiger partial charge in [0, 0.05) is 19.5 Å². The number of urea groups is 1. The zero-order valence-electron chi connectivity index (χ0n) is 14.5. The van der Waals surface area contributed by atoms with Crippen molar-refractivity contribution in [3.63, 3.8) is 0 Å². The summed E-state index contributed by atoms with van der Waals surface area (Å²) in [5, 5.41) is 6.06. The first-order valence-electron chi connectivity index (χ1n) is 8.35. The zero-order valence-corrected chi connectivity index (χ0v) is 14.5. The van der Waals surface area contributed by atoms with Crippen molar-refractivity contribution in [1.82, 2.24) is 19.6 Å². The topological polar surface area (TPSA) is 70.5 Å². The first kappa shape index (κ1) is 18.7. The molecule has 1 saturated heterocycles. The molecule has 2 aromatic rings. The maximum Gasteiger partial charge on any atom is 0.435 e. The monoisotopic (exact) mass is 381 g/mol. The van der Waals surface area contributed by atoms with E-state index in [1.165, 1.54) is 21.9 Å². The van der Waals surface area contributed by atoms with Crippen molar-refractivity contribution in [2.45, 2.75) is 19.5 Å². The van der Waals surface area contributed by atoms with Crippen molar-refractivity contribution in [2.24, 2.45) is 0 Å². The van der Waals surface area contributed by atoms with Crippen molar-refractivity contribution >= 4 is 17.6 Å². The number of nitrogens with zero attached hydrogens (tertiary/aromatic N) is 4. The molecule has 1 N–H and O–H groups in total. The molecule has 7 nitrogen and oxygen atoms in total. The Balaban J connectivity index is 1.82. The van der Waals surface area contributed by atoms with Crippen LogP contribution in [0, 0.1) is 0 Å². The van der Waals surface area contributed by atoms with Gasteiger partial charge < -0.3 is 15.1 Å². The van der Waals surface area contributed by atoms with E-state index in [9.17, 15) is 22.8 Å². The Morgan fingerprint density at radius 1 is 1.15 bits per heavy atom. The van der Waals surface area contributed by atoms with Gasteiger partial charge in [-0.1, -0.05) is 25.1 Å². The summed E-state index contributed by atoms with van der Waals surface area (Å²) < 4.78 is 41.5. The van der Waals surface area contributed by atoms with E-state index >= 15 is 0 Å². The fourth-order valence-corrected chi connectivity index (χ4v) is 2.85. The highest BCUT2D eigenvalue weighted by Crippen LogP contribution is 2.36. The molecule has 1 aliphatic rings. The molecule has 3 rings (SSSR count). The van der Waals surface area contributed by atoms with Crippen LogP contribution in [0.4, 0.5) is 23.7 Å². The van der Waals surface area contributed by atoms with Crippen molar-refractivity contribution in [2.75, 3.05) is 25.1 Å². The number of hydrogen-bond acceptors (Lipinski definition) is 3. The lowest BCUT2D eigenvalue weighted by Crippen LogP contribution is -2.36. The van der Waals surface area contributed by atoms with Crippen LogP contribution in [0.25, 0.3) is 5.69 Å². The van der Waals surface area contributed by atoms with E-state index in [-0.39, 0.29) is 24.8 Å². The van der Waals surface area contributed by atoms with Crippen LogP contribution < -0.4 is 5.32 Å². The van der Waals surface area contributed by atoms with Gasteiger partial charge in [-0.15, -0.1) is 0 Å². The number of amides is 3. The lowest BCUT2D eigenvalue weighted by Gasteiger charge is -2.19. The molecule has 0 bridgehead atoms.